The highest BCUT2D eigenvalue weighted by molar-refractivity contribution is 6.25. The maximum atomic E-state index is 14.1. The molecule has 39 heavy (non-hydrogen) atoms. The Morgan fingerprint density at radius 1 is 1.15 bits per heavy atom. The molecule has 10 nitrogen and oxygen atoms in total. The van der Waals surface area contributed by atoms with Crippen molar-refractivity contribution < 1.29 is 34.8 Å². The van der Waals surface area contributed by atoms with E-state index in [1.165, 1.54) is 4.90 Å². The number of hydrogen-bond acceptors (Lipinski definition) is 9. The molecule has 1 aromatic carbocycles. The number of nitrogens with zero attached hydrogens (tertiary/aromatic N) is 2. The van der Waals surface area contributed by atoms with E-state index in [0.29, 0.717) is 17.5 Å². The largest absolute Gasteiger partial charge is 0.510 e. The number of amides is 1. The lowest BCUT2D eigenvalue weighted by atomic mass is 9.58. The molecule has 4 rings (SSSR count). The number of Topliss-reactive ketones (excluding diaryl/α,β-unsaturated/α-hetero) is 2. The molecule has 0 heterocycles. The Labute approximate surface area is 227 Å². The summed E-state index contributed by atoms with van der Waals surface area (Å²) in [5, 5.41) is 45.6. The zero-order valence-corrected chi connectivity index (χ0v) is 23.2. The smallest absolute Gasteiger partial charge is 0.255 e. The molecule has 0 radical (unpaired) electrons. The molecule has 0 aliphatic heterocycles. The first-order chi connectivity index (χ1) is 18.2. The molecule has 0 aromatic heterocycles. The molecule has 1 amide bonds. The number of allylic oxidation sites excluding steroid dienone is 3. The first-order valence-corrected chi connectivity index (χ1v) is 13.1. The average Bonchev–Trinajstić information content (AvgIpc) is 2.84. The van der Waals surface area contributed by atoms with Crippen LogP contribution in [0.3, 0.4) is 0 Å². The molecule has 6 N–H and O–H groups in total. The van der Waals surface area contributed by atoms with Crippen molar-refractivity contribution >= 4 is 28.7 Å². The van der Waals surface area contributed by atoms with E-state index in [1.54, 1.807) is 14.1 Å². The van der Waals surface area contributed by atoms with Crippen LogP contribution in [0, 0.1) is 11.8 Å². The van der Waals surface area contributed by atoms with Gasteiger partial charge in [0, 0.05) is 36.8 Å². The van der Waals surface area contributed by atoms with Crippen LogP contribution in [0.2, 0.25) is 0 Å². The topological polar surface area (TPSA) is 165 Å². The predicted octanol–water partition coefficient (Wildman–Crippen LogP) is 2.39. The Hall–Kier alpha value is -3.63. The summed E-state index contributed by atoms with van der Waals surface area (Å²) < 4.78 is 0. The predicted molar refractivity (Wildman–Crippen MR) is 147 cm³/mol. The molecule has 1 aromatic rings. The van der Waals surface area contributed by atoms with Gasteiger partial charge in [0.2, 0.25) is 5.78 Å². The van der Waals surface area contributed by atoms with Crippen LogP contribution in [-0.2, 0) is 16.0 Å². The fraction of sp³-hybridized carbons (Fsp3) is 0.483. The minimum absolute atomic E-state index is 0.0208. The van der Waals surface area contributed by atoms with E-state index >= 15 is 0 Å². The van der Waals surface area contributed by atoms with Crippen LogP contribution in [0.1, 0.15) is 54.6 Å². The lowest BCUT2D eigenvalue weighted by Gasteiger charge is -2.50. The number of benzene rings is 1. The van der Waals surface area contributed by atoms with E-state index in [9.17, 15) is 34.8 Å². The van der Waals surface area contributed by atoms with Gasteiger partial charge >= 0.3 is 0 Å². The van der Waals surface area contributed by atoms with E-state index in [4.69, 9.17) is 5.73 Å². The number of rotatable bonds is 6. The van der Waals surface area contributed by atoms with Gasteiger partial charge in [-0.2, -0.15) is 0 Å². The van der Waals surface area contributed by atoms with Crippen LogP contribution in [0.25, 0.3) is 5.57 Å². The van der Waals surface area contributed by atoms with Gasteiger partial charge in [-0.25, -0.2) is 0 Å². The van der Waals surface area contributed by atoms with Crippen LogP contribution in [0.15, 0.2) is 34.8 Å². The standard InChI is InChI=1S/C29H37N3O7/c1-7-9-13(8-2)15-12-18(31(3)4)16-10-14-11-17-22(32(5)6)25(35)21(28(30)38)27(37)29(17,39)26(36)19(14)24(34)20(16)23(15)33/h9,12,14,17,22,33,35-36,39H,7-8,10-11H2,1-6H3,(H2,30,38)/b13-9+/t14?,17-,22-,29-/m0/s1. The number of aliphatic hydroxyl groups excluding tert-OH is 2. The van der Waals surface area contributed by atoms with Crippen molar-refractivity contribution in [3.8, 4) is 5.75 Å². The van der Waals surface area contributed by atoms with Gasteiger partial charge in [-0.15, -0.1) is 0 Å². The Morgan fingerprint density at radius 2 is 1.79 bits per heavy atom. The molecular formula is C29H37N3O7. The molecule has 10 heteroatoms. The van der Waals surface area contributed by atoms with E-state index in [0.717, 1.165) is 17.7 Å². The number of carbonyl (C=O) groups excluding carboxylic acids is 3. The summed E-state index contributed by atoms with van der Waals surface area (Å²) in [6, 6.07) is 0.839. The minimum Gasteiger partial charge on any atom is -0.510 e. The van der Waals surface area contributed by atoms with Crippen molar-refractivity contribution in [2.75, 3.05) is 33.1 Å². The fourth-order valence-corrected chi connectivity index (χ4v) is 6.63. The zero-order chi connectivity index (χ0) is 29.1. The second-order valence-electron chi connectivity index (χ2n) is 11.0. The number of ketones is 2. The number of hydrogen-bond donors (Lipinski definition) is 5. The first-order valence-electron chi connectivity index (χ1n) is 13.1. The Bertz CT molecular complexity index is 1370. The van der Waals surface area contributed by atoms with Crippen LogP contribution in [0.4, 0.5) is 5.69 Å². The number of likely N-dealkylation sites (N-methyl/N-ethyl adjacent to an activating group) is 1. The Kier molecular flexibility index (Phi) is 7.16. The highest BCUT2D eigenvalue weighted by Gasteiger charge is 2.63. The summed E-state index contributed by atoms with van der Waals surface area (Å²) in [7, 11) is 6.89. The average molecular weight is 540 g/mol. The maximum Gasteiger partial charge on any atom is 0.255 e. The normalized spacial score (nSPS) is 27.0. The molecule has 0 bridgehead atoms. The number of primary amides is 1. The third kappa shape index (κ3) is 3.96. The van der Waals surface area contributed by atoms with Gasteiger partial charge in [0.05, 0.1) is 11.6 Å². The number of fused-ring (bicyclic) bond motifs is 3. The quantitative estimate of drug-likeness (QED) is 0.341. The SMILES string of the molecule is CC/C=C(\CC)c1cc(N(C)C)c2c(c1O)C(=O)C1=C(O)[C@]3(O)C(=O)C(C(N)=O)=C(O)[C@@H](N(C)C)[C@@H]3CC1C2. The van der Waals surface area contributed by atoms with E-state index in [2.05, 4.69) is 0 Å². The number of phenolic OH excluding ortho intramolecular Hbond substituents is 1. The minimum atomic E-state index is -2.65. The van der Waals surface area contributed by atoms with Crippen molar-refractivity contribution in [2.24, 2.45) is 17.6 Å². The Balaban J connectivity index is 2.01. The monoisotopic (exact) mass is 539 g/mol. The summed E-state index contributed by atoms with van der Waals surface area (Å²) in [4.78, 5) is 43.1. The van der Waals surface area contributed by atoms with E-state index < -0.39 is 58.0 Å². The van der Waals surface area contributed by atoms with Crippen molar-refractivity contribution in [3.63, 3.8) is 0 Å². The van der Waals surface area contributed by atoms with Crippen LogP contribution < -0.4 is 10.6 Å². The van der Waals surface area contributed by atoms with Crippen molar-refractivity contribution in [3.05, 3.63) is 51.5 Å². The summed E-state index contributed by atoms with van der Waals surface area (Å²) in [6.45, 7) is 3.93. The molecule has 4 atom stereocenters. The molecule has 0 saturated carbocycles. The lowest BCUT2D eigenvalue weighted by Crippen LogP contribution is -2.63. The highest BCUT2D eigenvalue weighted by atomic mass is 16.3. The Morgan fingerprint density at radius 3 is 2.31 bits per heavy atom. The molecule has 0 saturated heterocycles. The van der Waals surface area contributed by atoms with Crippen molar-refractivity contribution in [1.82, 2.24) is 4.90 Å². The van der Waals surface area contributed by atoms with E-state index in [1.807, 2.05) is 45.0 Å². The number of phenols is 1. The second kappa shape index (κ2) is 9.84. The van der Waals surface area contributed by atoms with Crippen molar-refractivity contribution in [1.29, 1.82) is 0 Å². The van der Waals surface area contributed by atoms with Gasteiger partial charge in [-0.3, -0.25) is 19.3 Å². The molecule has 3 aliphatic rings. The fourth-order valence-electron chi connectivity index (χ4n) is 6.63. The number of aromatic hydroxyl groups is 1. The first kappa shape index (κ1) is 28.4. The second-order valence-corrected chi connectivity index (χ2v) is 11.0. The van der Waals surface area contributed by atoms with Gasteiger partial charge in [-0.1, -0.05) is 19.9 Å². The maximum absolute atomic E-state index is 14.1. The number of aliphatic hydroxyl groups is 3. The van der Waals surface area contributed by atoms with Crippen LogP contribution in [0.5, 0.6) is 5.75 Å². The summed E-state index contributed by atoms with van der Waals surface area (Å²) >= 11 is 0. The van der Waals surface area contributed by atoms with Crippen LogP contribution >= 0.6 is 0 Å². The van der Waals surface area contributed by atoms with Gasteiger partial charge in [0.25, 0.3) is 5.91 Å². The van der Waals surface area contributed by atoms with Crippen molar-refractivity contribution in [2.45, 2.75) is 51.2 Å². The summed E-state index contributed by atoms with van der Waals surface area (Å²) in [5.74, 6) is -6.51. The zero-order valence-electron chi connectivity index (χ0n) is 23.2. The van der Waals surface area contributed by atoms with Crippen LogP contribution in [-0.4, -0.2) is 82.6 Å². The third-order valence-corrected chi connectivity index (χ3v) is 8.36. The van der Waals surface area contributed by atoms with Gasteiger partial charge in [0.1, 0.15) is 22.8 Å². The van der Waals surface area contributed by atoms with E-state index in [-0.39, 0.29) is 29.7 Å². The number of anilines is 1. The molecule has 0 spiro atoms. The molecule has 210 valence electrons. The lowest BCUT2D eigenvalue weighted by molar-refractivity contribution is -0.148. The summed E-state index contributed by atoms with van der Waals surface area (Å²) in [6.07, 6.45) is 3.62. The van der Waals surface area contributed by atoms with Gasteiger partial charge in [-0.05, 0) is 62.9 Å². The van der Waals surface area contributed by atoms with Gasteiger partial charge in [0.15, 0.2) is 11.4 Å². The van der Waals surface area contributed by atoms with Gasteiger partial charge < -0.3 is 31.1 Å². The third-order valence-electron chi connectivity index (χ3n) is 8.36. The molecule has 1 unspecified atom stereocenters. The summed E-state index contributed by atoms with van der Waals surface area (Å²) in [5.41, 5.74) is 4.49. The molecule has 0 fully saturated rings. The molecule has 3 aliphatic carbocycles. The number of nitrogens with two attached hydrogens (primary N) is 1. The number of carbonyl (C=O) groups is 3. The molecular weight excluding hydrogens is 502 g/mol. The highest BCUT2D eigenvalue weighted by Crippen LogP contribution is 2.53.